The van der Waals surface area contributed by atoms with Crippen LogP contribution >= 0.6 is 15.9 Å². The number of hydrogen-bond acceptors (Lipinski definition) is 2. The highest BCUT2D eigenvalue weighted by Crippen LogP contribution is 2.06. The molecule has 0 aromatic carbocycles. The number of alkyl halides is 1. The van der Waals surface area contributed by atoms with Crippen LogP contribution in [0.5, 0.6) is 0 Å². The second kappa shape index (κ2) is 8.56. The Morgan fingerprint density at radius 3 is 2.38 bits per heavy atom. The largest absolute Gasteiger partial charge is 0.480 e. The van der Waals surface area contributed by atoms with Gasteiger partial charge in [0.25, 0.3) is 0 Å². The average Bonchev–Trinajstić information content (AvgIpc) is 2.16. The van der Waals surface area contributed by atoms with Crippen molar-refractivity contribution in [2.24, 2.45) is 5.92 Å². The molecular formula is C11H20BrNO3. The molecule has 0 spiro atoms. The Labute approximate surface area is 105 Å². The van der Waals surface area contributed by atoms with E-state index in [1.165, 1.54) is 0 Å². The number of aliphatic carboxylic acids is 1. The zero-order valence-corrected chi connectivity index (χ0v) is 11.4. The Balaban J connectivity index is 3.98. The van der Waals surface area contributed by atoms with Crippen molar-refractivity contribution in [2.75, 3.05) is 5.33 Å². The first-order valence-electron chi connectivity index (χ1n) is 5.55. The Morgan fingerprint density at radius 2 is 1.94 bits per heavy atom. The molecule has 1 atom stereocenters. The van der Waals surface area contributed by atoms with Crippen molar-refractivity contribution < 1.29 is 14.7 Å². The minimum absolute atomic E-state index is 0.172. The number of carboxylic acid groups (broad SMARTS) is 1. The van der Waals surface area contributed by atoms with E-state index < -0.39 is 12.0 Å². The number of hydrogen-bond donors (Lipinski definition) is 2. The molecule has 0 aliphatic rings. The number of halogens is 1. The Bertz CT molecular complexity index is 231. The maximum Gasteiger partial charge on any atom is 0.326 e. The zero-order chi connectivity index (χ0) is 12.6. The molecule has 0 aromatic rings. The summed E-state index contributed by atoms with van der Waals surface area (Å²) in [5.74, 6) is -0.875. The Kier molecular flexibility index (Phi) is 8.25. The van der Waals surface area contributed by atoms with Gasteiger partial charge in [-0.15, -0.1) is 0 Å². The van der Waals surface area contributed by atoms with Crippen LogP contribution in [0.2, 0.25) is 0 Å². The van der Waals surface area contributed by atoms with Crippen LogP contribution in [-0.2, 0) is 9.59 Å². The summed E-state index contributed by atoms with van der Waals surface area (Å²) in [7, 11) is 0. The van der Waals surface area contributed by atoms with Gasteiger partial charge in [0.1, 0.15) is 6.04 Å². The van der Waals surface area contributed by atoms with Gasteiger partial charge in [-0.3, -0.25) is 4.79 Å². The monoisotopic (exact) mass is 293 g/mol. The number of unbranched alkanes of at least 4 members (excludes halogenated alkanes) is 1. The average molecular weight is 294 g/mol. The third-order valence-electron chi connectivity index (χ3n) is 2.13. The maximum absolute atomic E-state index is 11.4. The van der Waals surface area contributed by atoms with Crippen LogP contribution in [-0.4, -0.2) is 28.4 Å². The van der Waals surface area contributed by atoms with Gasteiger partial charge in [-0.25, -0.2) is 4.79 Å². The smallest absolute Gasteiger partial charge is 0.326 e. The van der Waals surface area contributed by atoms with Crippen LogP contribution in [0, 0.1) is 5.92 Å². The second-order valence-electron chi connectivity index (χ2n) is 4.23. The molecule has 94 valence electrons. The van der Waals surface area contributed by atoms with Crippen molar-refractivity contribution in [3.05, 3.63) is 0 Å². The number of rotatable bonds is 8. The van der Waals surface area contributed by atoms with Crippen LogP contribution in [0.25, 0.3) is 0 Å². The molecule has 0 unspecified atom stereocenters. The maximum atomic E-state index is 11.4. The van der Waals surface area contributed by atoms with Crippen molar-refractivity contribution in [2.45, 2.75) is 45.6 Å². The highest BCUT2D eigenvalue weighted by Gasteiger charge is 2.20. The number of amides is 1. The quantitative estimate of drug-likeness (QED) is 0.532. The van der Waals surface area contributed by atoms with E-state index in [0.29, 0.717) is 12.8 Å². The van der Waals surface area contributed by atoms with Gasteiger partial charge in [0.15, 0.2) is 0 Å². The van der Waals surface area contributed by atoms with Crippen molar-refractivity contribution in [1.29, 1.82) is 0 Å². The lowest BCUT2D eigenvalue weighted by molar-refractivity contribution is -0.142. The molecule has 0 heterocycles. The second-order valence-corrected chi connectivity index (χ2v) is 5.03. The highest BCUT2D eigenvalue weighted by atomic mass is 79.9. The molecule has 0 rings (SSSR count). The lowest BCUT2D eigenvalue weighted by Crippen LogP contribution is -2.41. The Morgan fingerprint density at radius 1 is 1.31 bits per heavy atom. The summed E-state index contributed by atoms with van der Waals surface area (Å²) in [4.78, 5) is 22.3. The SMILES string of the molecule is CC(C)C[C@@H](NC(=O)CCCCBr)C(=O)O. The topological polar surface area (TPSA) is 66.4 Å². The van der Waals surface area contributed by atoms with E-state index in [1.54, 1.807) is 0 Å². The highest BCUT2D eigenvalue weighted by molar-refractivity contribution is 9.09. The van der Waals surface area contributed by atoms with Crippen LogP contribution in [0.15, 0.2) is 0 Å². The summed E-state index contributed by atoms with van der Waals surface area (Å²) in [6.07, 6.45) is 2.58. The van der Waals surface area contributed by atoms with Crippen molar-refractivity contribution in [1.82, 2.24) is 5.32 Å². The molecule has 0 radical (unpaired) electrons. The summed E-state index contributed by atoms with van der Waals surface area (Å²) >= 11 is 3.28. The molecule has 0 saturated carbocycles. The van der Waals surface area contributed by atoms with E-state index in [9.17, 15) is 9.59 Å². The predicted molar refractivity (Wildman–Crippen MR) is 66.7 cm³/mol. The summed E-state index contributed by atoms with van der Waals surface area (Å²) in [5.41, 5.74) is 0. The molecule has 0 saturated heterocycles. The summed E-state index contributed by atoms with van der Waals surface area (Å²) in [6, 6.07) is -0.753. The van der Waals surface area contributed by atoms with Gasteiger partial charge in [0.05, 0.1) is 0 Å². The van der Waals surface area contributed by atoms with Crippen molar-refractivity contribution >= 4 is 27.8 Å². The normalized spacial score (nSPS) is 12.5. The fourth-order valence-electron chi connectivity index (χ4n) is 1.34. The third-order valence-corrected chi connectivity index (χ3v) is 2.69. The van der Waals surface area contributed by atoms with E-state index in [-0.39, 0.29) is 11.8 Å². The first-order chi connectivity index (χ1) is 7.47. The van der Waals surface area contributed by atoms with Crippen LogP contribution in [0.1, 0.15) is 39.5 Å². The number of carboxylic acids is 1. The van der Waals surface area contributed by atoms with Crippen molar-refractivity contribution in [3.63, 3.8) is 0 Å². The van der Waals surface area contributed by atoms with Crippen LogP contribution in [0.4, 0.5) is 0 Å². The van der Waals surface area contributed by atoms with Gasteiger partial charge in [0.2, 0.25) is 5.91 Å². The van der Waals surface area contributed by atoms with Crippen LogP contribution in [0.3, 0.4) is 0 Å². The molecule has 0 fully saturated rings. The lowest BCUT2D eigenvalue weighted by Gasteiger charge is -2.16. The molecule has 1 amide bonds. The summed E-state index contributed by atoms with van der Waals surface area (Å²) in [5, 5.41) is 12.3. The van der Waals surface area contributed by atoms with Crippen molar-refractivity contribution in [3.8, 4) is 0 Å². The summed E-state index contributed by atoms with van der Waals surface area (Å²) in [6.45, 7) is 3.87. The van der Waals surface area contributed by atoms with Gasteiger partial charge in [-0.1, -0.05) is 29.8 Å². The standard InChI is InChI=1S/C11H20BrNO3/c1-8(2)7-9(11(15)16)13-10(14)5-3-4-6-12/h8-9H,3-7H2,1-2H3,(H,13,14)(H,15,16)/t9-/m1/s1. The van der Waals surface area contributed by atoms with E-state index in [2.05, 4.69) is 21.2 Å². The van der Waals surface area contributed by atoms with Gasteiger partial charge in [-0.05, 0) is 25.2 Å². The van der Waals surface area contributed by atoms with E-state index in [1.807, 2.05) is 13.8 Å². The first kappa shape index (κ1) is 15.4. The minimum Gasteiger partial charge on any atom is -0.480 e. The minimum atomic E-state index is -0.956. The first-order valence-corrected chi connectivity index (χ1v) is 6.67. The lowest BCUT2D eigenvalue weighted by atomic mass is 10.0. The number of carbonyl (C=O) groups excluding carboxylic acids is 1. The van der Waals surface area contributed by atoms with E-state index in [4.69, 9.17) is 5.11 Å². The predicted octanol–water partition coefficient (Wildman–Crippen LogP) is 2.17. The summed E-state index contributed by atoms with van der Waals surface area (Å²) < 4.78 is 0. The fraction of sp³-hybridized carbons (Fsp3) is 0.818. The zero-order valence-electron chi connectivity index (χ0n) is 9.83. The molecule has 0 aliphatic carbocycles. The molecule has 5 heteroatoms. The number of nitrogens with one attached hydrogen (secondary N) is 1. The molecule has 4 nitrogen and oxygen atoms in total. The molecule has 0 aromatic heterocycles. The molecule has 0 aliphatic heterocycles. The fourth-order valence-corrected chi connectivity index (χ4v) is 1.74. The molecule has 0 bridgehead atoms. The van der Waals surface area contributed by atoms with Gasteiger partial charge in [-0.2, -0.15) is 0 Å². The number of carbonyl (C=O) groups is 2. The molecule has 16 heavy (non-hydrogen) atoms. The Hall–Kier alpha value is -0.580. The molecule has 2 N–H and O–H groups in total. The van der Waals surface area contributed by atoms with E-state index >= 15 is 0 Å². The molecular weight excluding hydrogens is 274 g/mol. The van der Waals surface area contributed by atoms with Gasteiger partial charge >= 0.3 is 5.97 Å². The van der Waals surface area contributed by atoms with Gasteiger partial charge in [0, 0.05) is 11.8 Å². The van der Waals surface area contributed by atoms with Gasteiger partial charge < -0.3 is 10.4 Å². The van der Waals surface area contributed by atoms with Crippen LogP contribution < -0.4 is 5.32 Å². The third kappa shape index (κ3) is 7.68. The van der Waals surface area contributed by atoms with E-state index in [0.717, 1.165) is 18.2 Å².